The van der Waals surface area contributed by atoms with E-state index in [1.807, 2.05) is 0 Å². The molecular weight excluding hydrogens is 364 g/mol. The Labute approximate surface area is 174 Å². The van der Waals surface area contributed by atoms with E-state index in [9.17, 15) is 4.79 Å². The highest BCUT2D eigenvalue weighted by molar-refractivity contribution is 5.66. The lowest BCUT2D eigenvalue weighted by Crippen LogP contribution is -2.38. The van der Waals surface area contributed by atoms with Crippen LogP contribution in [0.25, 0.3) is 0 Å². The van der Waals surface area contributed by atoms with E-state index in [1.54, 1.807) is 18.1 Å². The van der Waals surface area contributed by atoms with Crippen molar-refractivity contribution in [2.24, 2.45) is 5.41 Å². The van der Waals surface area contributed by atoms with E-state index < -0.39 is 0 Å². The predicted octanol–water partition coefficient (Wildman–Crippen LogP) is 4.85. The van der Waals surface area contributed by atoms with Crippen molar-refractivity contribution in [3.8, 4) is 0 Å². The lowest BCUT2D eigenvalue weighted by atomic mass is 9.64. The van der Waals surface area contributed by atoms with Crippen LogP contribution in [-0.2, 0) is 38.3 Å². The van der Waals surface area contributed by atoms with Gasteiger partial charge in [-0.1, -0.05) is 19.1 Å². The van der Waals surface area contributed by atoms with Crippen molar-refractivity contribution in [3.05, 3.63) is 34.4 Å². The third-order valence-electron chi connectivity index (χ3n) is 8.06. The molecule has 0 radical (unpaired) electrons. The van der Waals surface area contributed by atoms with Crippen LogP contribution in [-0.4, -0.2) is 31.1 Å². The SMILES string of the molecule is CC(=O)O[C@H]1CCC2c3ccc4c(c3CCC21C)CC[C@H](OC1CCCCO1)C4. The van der Waals surface area contributed by atoms with Gasteiger partial charge in [-0.3, -0.25) is 4.79 Å². The van der Waals surface area contributed by atoms with E-state index in [1.165, 1.54) is 17.5 Å². The fourth-order valence-corrected chi connectivity index (χ4v) is 6.52. The van der Waals surface area contributed by atoms with Gasteiger partial charge in [-0.25, -0.2) is 0 Å². The molecule has 1 aromatic carbocycles. The van der Waals surface area contributed by atoms with Crippen LogP contribution in [0.2, 0.25) is 0 Å². The molecule has 3 unspecified atom stereocenters. The molecule has 4 aliphatic rings. The molecule has 3 aliphatic carbocycles. The first-order valence-corrected chi connectivity index (χ1v) is 11.6. The van der Waals surface area contributed by atoms with Crippen LogP contribution in [0.3, 0.4) is 0 Å². The van der Waals surface area contributed by atoms with E-state index in [0.717, 1.165) is 64.4 Å². The first-order valence-electron chi connectivity index (χ1n) is 11.6. The van der Waals surface area contributed by atoms with Crippen LogP contribution >= 0.6 is 0 Å². The lowest BCUT2D eigenvalue weighted by Gasteiger charge is -2.42. The molecular formula is C25H34O4. The molecule has 1 aromatic rings. The molecule has 29 heavy (non-hydrogen) atoms. The molecule has 0 bridgehead atoms. The number of fused-ring (bicyclic) bond motifs is 5. The maximum atomic E-state index is 11.6. The summed E-state index contributed by atoms with van der Waals surface area (Å²) in [4.78, 5) is 11.6. The summed E-state index contributed by atoms with van der Waals surface area (Å²) in [5.41, 5.74) is 6.28. The Balaban J connectivity index is 1.34. The zero-order valence-corrected chi connectivity index (χ0v) is 17.9. The average Bonchev–Trinajstić information content (AvgIpc) is 3.04. The number of hydrogen-bond acceptors (Lipinski definition) is 4. The second kappa shape index (κ2) is 7.70. The topological polar surface area (TPSA) is 44.8 Å². The second-order valence-corrected chi connectivity index (χ2v) is 9.80. The van der Waals surface area contributed by atoms with Gasteiger partial charge in [-0.15, -0.1) is 0 Å². The normalized spacial score (nSPS) is 36.1. The van der Waals surface area contributed by atoms with E-state index in [-0.39, 0.29) is 29.9 Å². The Morgan fingerprint density at radius 2 is 2.00 bits per heavy atom. The Hall–Kier alpha value is -1.39. The zero-order chi connectivity index (χ0) is 20.0. The zero-order valence-electron chi connectivity index (χ0n) is 17.9. The van der Waals surface area contributed by atoms with Gasteiger partial charge in [0, 0.05) is 18.9 Å². The number of rotatable bonds is 3. The number of carbonyl (C=O) groups is 1. The highest BCUT2D eigenvalue weighted by Gasteiger charge is 2.51. The average molecular weight is 399 g/mol. The van der Waals surface area contributed by atoms with Crippen LogP contribution in [0.15, 0.2) is 12.1 Å². The highest BCUT2D eigenvalue weighted by Crippen LogP contribution is 2.57. The molecule has 0 amide bonds. The van der Waals surface area contributed by atoms with E-state index in [0.29, 0.717) is 5.92 Å². The van der Waals surface area contributed by atoms with Gasteiger partial charge < -0.3 is 14.2 Å². The third-order valence-corrected chi connectivity index (χ3v) is 8.06. The van der Waals surface area contributed by atoms with Crippen molar-refractivity contribution in [1.82, 2.24) is 0 Å². The molecule has 0 aromatic heterocycles. The van der Waals surface area contributed by atoms with Crippen LogP contribution in [0.4, 0.5) is 0 Å². The second-order valence-electron chi connectivity index (χ2n) is 9.80. The quantitative estimate of drug-likeness (QED) is 0.683. The monoisotopic (exact) mass is 398 g/mol. The minimum absolute atomic E-state index is 0.00494. The summed E-state index contributed by atoms with van der Waals surface area (Å²) in [6, 6.07) is 4.74. The molecule has 5 rings (SSSR count). The summed E-state index contributed by atoms with van der Waals surface area (Å²) in [6.07, 6.45) is 11.4. The Bertz CT molecular complexity index is 781. The predicted molar refractivity (Wildman–Crippen MR) is 111 cm³/mol. The van der Waals surface area contributed by atoms with E-state index >= 15 is 0 Å². The van der Waals surface area contributed by atoms with E-state index in [4.69, 9.17) is 14.2 Å². The summed E-state index contributed by atoms with van der Waals surface area (Å²) in [7, 11) is 0. The fourth-order valence-electron chi connectivity index (χ4n) is 6.52. The number of benzene rings is 1. The number of ether oxygens (including phenoxy) is 3. The van der Waals surface area contributed by atoms with Gasteiger partial charge in [-0.05, 0) is 92.4 Å². The molecule has 4 nitrogen and oxygen atoms in total. The van der Waals surface area contributed by atoms with Gasteiger partial charge in [0.05, 0.1) is 6.10 Å². The minimum atomic E-state index is -0.138. The van der Waals surface area contributed by atoms with Gasteiger partial charge >= 0.3 is 5.97 Å². The van der Waals surface area contributed by atoms with Crippen LogP contribution in [0, 0.1) is 5.41 Å². The van der Waals surface area contributed by atoms with Crippen molar-refractivity contribution in [3.63, 3.8) is 0 Å². The summed E-state index contributed by atoms with van der Waals surface area (Å²) in [6.45, 7) is 4.73. The molecule has 5 atom stereocenters. The van der Waals surface area contributed by atoms with Crippen molar-refractivity contribution in [2.45, 2.75) is 102 Å². The van der Waals surface area contributed by atoms with Gasteiger partial charge in [0.1, 0.15) is 6.10 Å². The van der Waals surface area contributed by atoms with Crippen LogP contribution in [0.1, 0.15) is 87.0 Å². The Morgan fingerprint density at radius 1 is 1.10 bits per heavy atom. The number of esters is 1. The first-order chi connectivity index (χ1) is 14.0. The van der Waals surface area contributed by atoms with Gasteiger partial charge in [0.15, 0.2) is 6.29 Å². The van der Waals surface area contributed by atoms with Crippen molar-refractivity contribution >= 4 is 5.97 Å². The lowest BCUT2D eigenvalue weighted by molar-refractivity contribution is -0.189. The summed E-state index contributed by atoms with van der Waals surface area (Å²) >= 11 is 0. The van der Waals surface area contributed by atoms with Gasteiger partial charge in [0.25, 0.3) is 0 Å². The maximum absolute atomic E-state index is 11.6. The van der Waals surface area contributed by atoms with Gasteiger partial charge in [-0.2, -0.15) is 0 Å². The fraction of sp³-hybridized carbons (Fsp3) is 0.720. The number of carbonyl (C=O) groups excluding carboxylic acids is 1. The molecule has 1 saturated heterocycles. The van der Waals surface area contributed by atoms with Crippen molar-refractivity contribution in [1.29, 1.82) is 0 Å². The molecule has 1 aliphatic heterocycles. The third kappa shape index (κ3) is 3.53. The summed E-state index contributed by atoms with van der Waals surface area (Å²) in [5, 5.41) is 0. The first kappa shape index (κ1) is 19.6. The molecule has 1 saturated carbocycles. The molecule has 4 heteroatoms. The highest BCUT2D eigenvalue weighted by atomic mass is 16.7. The summed E-state index contributed by atoms with van der Waals surface area (Å²) < 4.78 is 17.8. The standard InChI is InChI=1S/C25H34O4/c1-16(26)28-23-11-10-22-21-8-6-17-15-18(29-24-5-3-4-14-27-24)7-9-19(17)20(21)12-13-25(22,23)2/h6,8,18,22-24H,3-5,7,9-15H2,1-2H3/t18-,22?,23-,24?,25?/m0/s1. The van der Waals surface area contributed by atoms with Gasteiger partial charge in [0.2, 0.25) is 0 Å². The Morgan fingerprint density at radius 3 is 2.79 bits per heavy atom. The van der Waals surface area contributed by atoms with Crippen LogP contribution in [0.5, 0.6) is 0 Å². The van der Waals surface area contributed by atoms with Crippen molar-refractivity contribution in [2.75, 3.05) is 6.61 Å². The molecule has 2 fully saturated rings. The molecule has 0 N–H and O–H groups in total. The van der Waals surface area contributed by atoms with E-state index in [2.05, 4.69) is 19.1 Å². The smallest absolute Gasteiger partial charge is 0.302 e. The molecule has 0 spiro atoms. The molecule has 158 valence electrons. The minimum Gasteiger partial charge on any atom is -0.462 e. The maximum Gasteiger partial charge on any atom is 0.302 e. The van der Waals surface area contributed by atoms with Crippen molar-refractivity contribution < 1.29 is 19.0 Å². The Kier molecular flexibility index (Phi) is 5.19. The largest absolute Gasteiger partial charge is 0.462 e. The van der Waals surface area contributed by atoms with Crippen LogP contribution < -0.4 is 0 Å². The number of hydrogen-bond donors (Lipinski definition) is 0. The molecule has 1 heterocycles. The summed E-state index contributed by atoms with van der Waals surface area (Å²) in [5.74, 6) is 0.381.